The van der Waals surface area contributed by atoms with Gasteiger partial charge in [-0.2, -0.15) is 0 Å². The fraction of sp³-hybridized carbons (Fsp3) is 0.833. The van der Waals surface area contributed by atoms with Crippen LogP contribution in [0, 0.1) is 11.3 Å². The second-order valence-corrected chi connectivity index (χ2v) is 2.44. The molecule has 0 aromatic carbocycles. The van der Waals surface area contributed by atoms with Gasteiger partial charge >= 0.3 is 0 Å². The molecule has 3 nitrogen and oxygen atoms in total. The molecule has 52 valence electrons. The van der Waals surface area contributed by atoms with Gasteiger partial charge in [0.05, 0.1) is 6.01 Å². The Morgan fingerprint density at radius 2 is 2.22 bits per heavy atom. The van der Waals surface area contributed by atoms with E-state index in [-0.39, 0.29) is 6.17 Å². The van der Waals surface area contributed by atoms with E-state index in [1.165, 1.54) is 0 Å². The zero-order valence-corrected chi connectivity index (χ0v) is 5.89. The summed E-state index contributed by atoms with van der Waals surface area (Å²) in [4.78, 5) is 3.56. The van der Waals surface area contributed by atoms with Crippen LogP contribution in [0.4, 0.5) is 0 Å². The number of nitrogens with zero attached hydrogens (tertiary/aromatic N) is 1. The molecule has 9 heavy (non-hydrogen) atoms. The molecule has 0 radical (unpaired) electrons. The van der Waals surface area contributed by atoms with Gasteiger partial charge in [-0.15, -0.1) is 0 Å². The van der Waals surface area contributed by atoms with Crippen LogP contribution in [-0.2, 0) is 0 Å². The quantitative estimate of drug-likeness (QED) is 0.547. The molecule has 3 N–H and O–H groups in total. The zero-order valence-electron chi connectivity index (χ0n) is 5.89. The Labute approximate surface area is 55.5 Å². The molecule has 0 rings (SSSR count). The van der Waals surface area contributed by atoms with Crippen molar-refractivity contribution >= 4 is 6.01 Å². The van der Waals surface area contributed by atoms with Gasteiger partial charge in [-0.25, -0.2) is 10.4 Å². The van der Waals surface area contributed by atoms with Gasteiger partial charge in [-0.1, -0.05) is 13.8 Å². The monoisotopic (exact) mass is 127 g/mol. The summed E-state index contributed by atoms with van der Waals surface area (Å²) < 4.78 is 0. The number of hydrogen-bond donors (Lipinski definition) is 2. The molecule has 0 fully saturated rings. The van der Waals surface area contributed by atoms with E-state index in [1.807, 2.05) is 6.01 Å². The van der Waals surface area contributed by atoms with Crippen LogP contribution in [0.2, 0.25) is 0 Å². The highest BCUT2D eigenvalue weighted by molar-refractivity contribution is 5.36. The first-order valence-corrected chi connectivity index (χ1v) is 3.04. The summed E-state index contributed by atoms with van der Waals surface area (Å²) in [7, 11) is 0. The Morgan fingerprint density at radius 3 is 2.56 bits per heavy atom. The van der Waals surface area contributed by atoms with E-state index in [0.29, 0.717) is 5.92 Å². The first-order chi connectivity index (χ1) is 4.16. The Hall–Kier alpha value is -0.660. The largest absolute Gasteiger partial charge is 0.309 e. The lowest BCUT2D eigenvalue weighted by molar-refractivity contribution is 0.509. The number of aliphatic imine (C=N–C) groups is 1. The number of rotatable bonds is 3. The topological polar surface area (TPSA) is 62.2 Å². The highest BCUT2D eigenvalue weighted by Crippen LogP contribution is 2.01. The maximum atomic E-state index is 6.48. The zero-order chi connectivity index (χ0) is 7.28. The number of nitrogens with two attached hydrogens (primary N) is 1. The van der Waals surface area contributed by atoms with Crippen LogP contribution in [0.3, 0.4) is 0 Å². The third-order valence-corrected chi connectivity index (χ3v) is 0.943. The van der Waals surface area contributed by atoms with Gasteiger partial charge in [0.1, 0.15) is 6.17 Å². The average molecular weight is 127 g/mol. The molecule has 0 amide bonds. The van der Waals surface area contributed by atoms with Crippen LogP contribution in [0.15, 0.2) is 4.99 Å². The summed E-state index contributed by atoms with van der Waals surface area (Å²) in [6, 6.07) is 1.92. The van der Waals surface area contributed by atoms with E-state index < -0.39 is 0 Å². The molecule has 0 bridgehead atoms. The Morgan fingerprint density at radius 1 is 1.67 bits per heavy atom. The molecule has 0 aliphatic rings. The summed E-state index contributed by atoms with van der Waals surface area (Å²) in [5, 5.41) is 6.48. The molecule has 0 aromatic rings. The predicted octanol–water partition coefficient (Wildman–Crippen LogP) is 1.07. The van der Waals surface area contributed by atoms with Crippen LogP contribution in [-0.4, -0.2) is 12.2 Å². The van der Waals surface area contributed by atoms with E-state index in [0.717, 1.165) is 6.42 Å². The van der Waals surface area contributed by atoms with E-state index in [1.54, 1.807) is 0 Å². The highest BCUT2D eigenvalue weighted by Gasteiger charge is 2.00. The minimum atomic E-state index is -0.234. The maximum Gasteiger partial charge on any atom is 0.108 e. The van der Waals surface area contributed by atoms with Gasteiger partial charge in [0, 0.05) is 0 Å². The lowest BCUT2D eigenvalue weighted by Crippen LogP contribution is -2.18. The fourth-order valence-electron chi connectivity index (χ4n) is 0.619. The maximum absolute atomic E-state index is 6.48. The molecule has 1 unspecified atom stereocenters. The molecule has 3 heteroatoms. The first kappa shape index (κ1) is 8.34. The number of nitrogens with one attached hydrogen (secondary N) is 1. The Bertz CT molecular complexity index is 113. The van der Waals surface area contributed by atoms with Crippen molar-refractivity contribution in [1.82, 2.24) is 0 Å². The summed E-state index contributed by atoms with van der Waals surface area (Å²) in [5.41, 5.74) is 5.44. The van der Waals surface area contributed by atoms with Crippen molar-refractivity contribution in [3.8, 4) is 0 Å². The molecule has 1 atom stereocenters. The normalized spacial score (nSPS) is 12.9. The third-order valence-electron chi connectivity index (χ3n) is 0.943. The van der Waals surface area contributed by atoms with Gasteiger partial charge in [-0.3, -0.25) is 0 Å². The van der Waals surface area contributed by atoms with Crippen LogP contribution in [0.1, 0.15) is 20.3 Å². The molecule has 0 aliphatic heterocycles. The van der Waals surface area contributed by atoms with Gasteiger partial charge in [-0.05, 0) is 12.3 Å². The smallest absolute Gasteiger partial charge is 0.108 e. The Kier molecular flexibility index (Phi) is 3.93. The standard InChI is InChI=1S/C6H13N3/c1-5(2)3-6(8)9-4-7/h5-7H,3,8H2,1-2H3. The van der Waals surface area contributed by atoms with E-state index in [9.17, 15) is 0 Å². The summed E-state index contributed by atoms with van der Waals surface area (Å²) in [5.74, 6) is 0.539. The molecular formula is C6H13N3. The van der Waals surface area contributed by atoms with Crippen molar-refractivity contribution in [2.75, 3.05) is 0 Å². The van der Waals surface area contributed by atoms with Crippen molar-refractivity contribution in [2.45, 2.75) is 26.4 Å². The van der Waals surface area contributed by atoms with Gasteiger partial charge in [0.15, 0.2) is 0 Å². The minimum Gasteiger partial charge on any atom is -0.309 e. The van der Waals surface area contributed by atoms with Gasteiger partial charge < -0.3 is 5.73 Å². The lowest BCUT2D eigenvalue weighted by atomic mass is 10.1. The van der Waals surface area contributed by atoms with E-state index in [4.69, 9.17) is 11.1 Å². The van der Waals surface area contributed by atoms with Crippen LogP contribution >= 0.6 is 0 Å². The summed E-state index contributed by atoms with van der Waals surface area (Å²) >= 11 is 0. The molecule has 0 aliphatic carbocycles. The molecular weight excluding hydrogens is 114 g/mol. The van der Waals surface area contributed by atoms with Crippen molar-refractivity contribution in [2.24, 2.45) is 16.6 Å². The van der Waals surface area contributed by atoms with Crippen molar-refractivity contribution in [3.05, 3.63) is 0 Å². The van der Waals surface area contributed by atoms with E-state index >= 15 is 0 Å². The van der Waals surface area contributed by atoms with Crippen molar-refractivity contribution < 1.29 is 0 Å². The van der Waals surface area contributed by atoms with Gasteiger partial charge in [0.25, 0.3) is 0 Å². The molecule has 0 saturated carbocycles. The molecule has 0 spiro atoms. The average Bonchev–Trinajstić information content (AvgIpc) is 1.63. The highest BCUT2D eigenvalue weighted by atomic mass is 14.9. The van der Waals surface area contributed by atoms with Crippen LogP contribution in [0.5, 0.6) is 0 Å². The predicted molar refractivity (Wildman–Crippen MR) is 37.6 cm³/mol. The second kappa shape index (κ2) is 4.24. The van der Waals surface area contributed by atoms with Gasteiger partial charge in [0.2, 0.25) is 0 Å². The SMILES string of the molecule is CC(C)CC(N)N=C=N. The Balaban J connectivity index is 3.49. The lowest BCUT2D eigenvalue weighted by Gasteiger charge is -2.05. The van der Waals surface area contributed by atoms with Crippen LogP contribution in [0.25, 0.3) is 0 Å². The first-order valence-electron chi connectivity index (χ1n) is 3.04. The fourth-order valence-corrected chi connectivity index (χ4v) is 0.619. The third kappa shape index (κ3) is 5.21. The van der Waals surface area contributed by atoms with Crippen molar-refractivity contribution in [1.29, 1.82) is 5.41 Å². The summed E-state index contributed by atoms with van der Waals surface area (Å²) in [6.07, 6.45) is 0.591. The van der Waals surface area contributed by atoms with E-state index in [2.05, 4.69) is 18.8 Å². The second-order valence-electron chi connectivity index (χ2n) is 2.44. The number of hydrogen-bond acceptors (Lipinski definition) is 3. The van der Waals surface area contributed by atoms with Crippen molar-refractivity contribution in [3.63, 3.8) is 0 Å². The van der Waals surface area contributed by atoms with Crippen LogP contribution < -0.4 is 5.73 Å². The molecule has 0 aromatic heterocycles. The minimum absolute atomic E-state index is 0.234. The molecule has 0 saturated heterocycles. The summed E-state index contributed by atoms with van der Waals surface area (Å²) in [6.45, 7) is 4.14. The molecule has 0 heterocycles.